The molecule has 0 aliphatic carbocycles. The van der Waals surface area contributed by atoms with E-state index in [1.165, 1.54) is 36.4 Å². The van der Waals surface area contributed by atoms with Gasteiger partial charge in [-0.2, -0.15) is 9.97 Å². The SMILES string of the molecule is C=C([O-])/C(=C/c1ccc(Nc2nc(Nc3ccc(C=C(C(=O)[O-])C(=O)[O-])cc3)nc(=O)[nH]2)cc1)C(=O)[O-]. The van der Waals surface area contributed by atoms with Crippen molar-refractivity contribution in [1.29, 1.82) is 0 Å². The topological polar surface area (TPSA) is 226 Å². The van der Waals surface area contributed by atoms with Crippen molar-refractivity contribution < 1.29 is 34.8 Å². The first-order valence-corrected chi connectivity index (χ1v) is 10.2. The lowest BCUT2D eigenvalue weighted by atomic mass is 10.1. The van der Waals surface area contributed by atoms with E-state index >= 15 is 0 Å². The van der Waals surface area contributed by atoms with Crippen LogP contribution in [-0.4, -0.2) is 32.9 Å². The maximum atomic E-state index is 12.0. The number of rotatable bonds is 10. The van der Waals surface area contributed by atoms with Crippen LogP contribution in [0.4, 0.5) is 23.3 Å². The van der Waals surface area contributed by atoms with Crippen molar-refractivity contribution in [2.75, 3.05) is 10.6 Å². The van der Waals surface area contributed by atoms with Crippen LogP contribution in [0.5, 0.6) is 0 Å². The van der Waals surface area contributed by atoms with Crippen LogP contribution in [0.2, 0.25) is 0 Å². The molecule has 1 heterocycles. The first kappa shape index (κ1) is 25.9. The molecule has 13 heteroatoms. The third-order valence-electron chi connectivity index (χ3n) is 4.57. The first-order chi connectivity index (χ1) is 17.5. The molecular formula is C24H15N5O8-4. The average molecular weight is 501 g/mol. The largest absolute Gasteiger partial charge is 0.872 e. The Labute approximate surface area is 207 Å². The van der Waals surface area contributed by atoms with Crippen molar-refractivity contribution in [2.24, 2.45) is 0 Å². The zero-order chi connectivity index (χ0) is 27.1. The van der Waals surface area contributed by atoms with Crippen molar-refractivity contribution >= 4 is 53.3 Å². The molecule has 1 aromatic heterocycles. The number of carbonyl (C=O) groups is 3. The van der Waals surface area contributed by atoms with Gasteiger partial charge in [0.25, 0.3) is 0 Å². The third-order valence-corrected chi connectivity index (χ3v) is 4.57. The summed E-state index contributed by atoms with van der Waals surface area (Å²) in [5.41, 5.74) is -0.845. The zero-order valence-corrected chi connectivity index (χ0v) is 18.6. The molecular weight excluding hydrogens is 486 g/mol. The molecule has 0 fully saturated rings. The molecule has 188 valence electrons. The van der Waals surface area contributed by atoms with Gasteiger partial charge in [-0.25, -0.2) is 4.79 Å². The minimum Gasteiger partial charge on any atom is -0.872 e. The minimum absolute atomic E-state index is 0.0151. The number of nitrogens with one attached hydrogen (secondary N) is 3. The van der Waals surface area contributed by atoms with Gasteiger partial charge >= 0.3 is 5.69 Å². The summed E-state index contributed by atoms with van der Waals surface area (Å²) in [6, 6.07) is 11.9. The van der Waals surface area contributed by atoms with Crippen LogP contribution in [0.3, 0.4) is 0 Å². The van der Waals surface area contributed by atoms with Crippen LogP contribution in [0.1, 0.15) is 11.1 Å². The number of benzene rings is 2. The van der Waals surface area contributed by atoms with Crippen LogP contribution < -0.4 is 36.7 Å². The van der Waals surface area contributed by atoms with Gasteiger partial charge in [0.2, 0.25) is 11.9 Å². The molecule has 2 aromatic carbocycles. The first-order valence-electron chi connectivity index (χ1n) is 10.2. The molecule has 0 saturated heterocycles. The van der Waals surface area contributed by atoms with Gasteiger partial charge in [-0.15, -0.1) is 12.3 Å². The second kappa shape index (κ2) is 11.1. The average Bonchev–Trinajstić information content (AvgIpc) is 2.81. The molecule has 0 amide bonds. The molecule has 0 aliphatic heterocycles. The molecule has 37 heavy (non-hydrogen) atoms. The lowest BCUT2D eigenvalue weighted by Gasteiger charge is -2.15. The fraction of sp³-hybridized carbons (Fsp3) is 0. The Morgan fingerprint density at radius 1 is 0.730 bits per heavy atom. The van der Waals surface area contributed by atoms with E-state index < -0.39 is 40.5 Å². The van der Waals surface area contributed by atoms with Crippen LogP contribution in [0.25, 0.3) is 12.2 Å². The number of nitrogens with zero attached hydrogens (tertiary/aromatic N) is 2. The van der Waals surface area contributed by atoms with Crippen molar-refractivity contribution in [2.45, 2.75) is 0 Å². The van der Waals surface area contributed by atoms with E-state index in [4.69, 9.17) is 0 Å². The summed E-state index contributed by atoms with van der Waals surface area (Å²) in [6.45, 7) is 3.06. The standard InChI is InChI=1S/C24H19N5O8/c1-12(30)17(19(31)32)10-13-2-6-15(7-3-13)25-22-27-23(29-24(37)28-22)26-16-8-4-14(5-9-16)11-18(20(33)34)21(35)36/h2-11,30H,1H2,(H,31,32)(H,33,34)(H,35,36)(H3,25,26,27,28,29,37)/p-4/b17-10-. The number of aliphatic carboxylic acids is 3. The van der Waals surface area contributed by atoms with E-state index in [1.807, 2.05) is 0 Å². The highest BCUT2D eigenvalue weighted by molar-refractivity contribution is 6.14. The number of hydrogen-bond acceptors (Lipinski definition) is 12. The molecule has 3 rings (SSSR count). The van der Waals surface area contributed by atoms with Gasteiger partial charge in [0.05, 0.1) is 17.9 Å². The Balaban J connectivity index is 1.75. The molecule has 0 bridgehead atoms. The lowest BCUT2D eigenvalue weighted by molar-refractivity contribution is -0.315. The number of carbonyl (C=O) groups excluding carboxylic acids is 3. The fourth-order valence-corrected chi connectivity index (χ4v) is 2.88. The molecule has 0 spiro atoms. The van der Waals surface area contributed by atoms with Gasteiger partial charge < -0.3 is 45.4 Å². The fourth-order valence-electron chi connectivity index (χ4n) is 2.88. The van der Waals surface area contributed by atoms with Crippen LogP contribution in [-0.2, 0) is 14.4 Å². The number of anilines is 4. The van der Waals surface area contributed by atoms with E-state index in [-0.39, 0.29) is 17.5 Å². The number of aromatic nitrogens is 3. The number of carboxylic acids is 3. The Morgan fingerprint density at radius 3 is 1.65 bits per heavy atom. The maximum absolute atomic E-state index is 12.0. The van der Waals surface area contributed by atoms with E-state index in [9.17, 15) is 39.6 Å². The third kappa shape index (κ3) is 7.13. The van der Waals surface area contributed by atoms with Crippen molar-refractivity contribution in [3.63, 3.8) is 0 Å². The molecule has 3 aromatic rings. The number of hydrogen-bond donors (Lipinski definition) is 3. The summed E-state index contributed by atoms with van der Waals surface area (Å²) < 4.78 is 0. The maximum Gasteiger partial charge on any atom is 0.351 e. The number of aromatic amines is 1. The Morgan fingerprint density at radius 2 is 1.19 bits per heavy atom. The summed E-state index contributed by atoms with van der Waals surface area (Å²) in [5.74, 6) is -6.39. The van der Waals surface area contributed by atoms with Gasteiger partial charge in [-0.05, 0) is 53.1 Å². The van der Waals surface area contributed by atoms with E-state index in [0.717, 1.165) is 12.2 Å². The second-order valence-corrected chi connectivity index (χ2v) is 7.22. The second-order valence-electron chi connectivity index (χ2n) is 7.22. The van der Waals surface area contributed by atoms with Gasteiger partial charge in [-0.3, -0.25) is 4.98 Å². The summed E-state index contributed by atoms with van der Waals surface area (Å²) in [4.78, 5) is 54.9. The van der Waals surface area contributed by atoms with Gasteiger partial charge in [0, 0.05) is 16.9 Å². The summed E-state index contributed by atoms with van der Waals surface area (Å²) in [5, 5.41) is 49.6. The van der Waals surface area contributed by atoms with Crippen LogP contribution >= 0.6 is 0 Å². The molecule has 0 aliphatic rings. The Bertz CT molecular complexity index is 1350. The van der Waals surface area contributed by atoms with E-state index in [1.54, 1.807) is 12.1 Å². The lowest BCUT2D eigenvalue weighted by Crippen LogP contribution is -2.36. The highest BCUT2D eigenvalue weighted by atomic mass is 16.4. The molecule has 0 saturated carbocycles. The van der Waals surface area contributed by atoms with E-state index in [0.29, 0.717) is 16.9 Å². The summed E-state index contributed by atoms with van der Waals surface area (Å²) in [6.07, 6.45) is 1.99. The smallest absolute Gasteiger partial charge is 0.351 e. The highest BCUT2D eigenvalue weighted by Crippen LogP contribution is 2.19. The molecule has 0 atom stereocenters. The normalized spacial score (nSPS) is 10.8. The number of H-pyrrole nitrogens is 1. The highest BCUT2D eigenvalue weighted by Gasteiger charge is 2.06. The number of carboxylic acid groups (broad SMARTS) is 3. The quantitative estimate of drug-likeness (QED) is 0.0864. The van der Waals surface area contributed by atoms with Crippen molar-refractivity contribution in [3.8, 4) is 0 Å². The van der Waals surface area contributed by atoms with Crippen molar-refractivity contribution in [1.82, 2.24) is 15.0 Å². The minimum atomic E-state index is -1.89. The Kier molecular flexibility index (Phi) is 7.79. The zero-order valence-electron chi connectivity index (χ0n) is 18.6. The van der Waals surface area contributed by atoms with Gasteiger partial charge in [0.15, 0.2) is 0 Å². The van der Waals surface area contributed by atoms with Crippen LogP contribution in [0, 0.1) is 0 Å². The summed E-state index contributed by atoms with van der Waals surface area (Å²) >= 11 is 0. The van der Waals surface area contributed by atoms with E-state index in [2.05, 4.69) is 32.2 Å². The molecule has 0 unspecified atom stereocenters. The van der Waals surface area contributed by atoms with Crippen molar-refractivity contribution in [3.05, 3.63) is 93.6 Å². The van der Waals surface area contributed by atoms with Crippen LogP contribution in [0.15, 0.2) is 76.8 Å². The molecule has 13 nitrogen and oxygen atoms in total. The van der Waals surface area contributed by atoms with Gasteiger partial charge in [-0.1, -0.05) is 24.3 Å². The van der Waals surface area contributed by atoms with Gasteiger partial charge in [0.1, 0.15) is 0 Å². The molecule has 3 N–H and O–H groups in total. The molecule has 0 radical (unpaired) electrons. The Hall–Kier alpha value is -5.72. The predicted octanol–water partition coefficient (Wildman–Crippen LogP) is -2.46. The summed E-state index contributed by atoms with van der Waals surface area (Å²) in [7, 11) is 0. The monoisotopic (exact) mass is 501 g/mol. The predicted molar refractivity (Wildman–Crippen MR) is 122 cm³/mol.